The van der Waals surface area contributed by atoms with E-state index in [4.69, 9.17) is 9.97 Å². The topological polar surface area (TPSA) is 88.6 Å². The molecule has 39 heavy (non-hydrogen) atoms. The molecule has 10 nitrogen and oxygen atoms in total. The van der Waals surface area contributed by atoms with E-state index >= 15 is 0 Å². The quantitative estimate of drug-likeness (QED) is 0.328. The predicted molar refractivity (Wildman–Crippen MR) is 157 cm³/mol. The molecule has 6 heterocycles. The number of pyridine rings is 4. The van der Waals surface area contributed by atoms with E-state index in [2.05, 4.69) is 90.7 Å². The fourth-order valence-corrected chi connectivity index (χ4v) is 5.22. The van der Waals surface area contributed by atoms with Crippen LogP contribution in [0.3, 0.4) is 0 Å². The Morgan fingerprint density at radius 1 is 0.538 bits per heavy atom. The molecule has 200 valence electrons. The zero-order valence-electron chi connectivity index (χ0n) is 22.9. The van der Waals surface area contributed by atoms with Gasteiger partial charge in [0.15, 0.2) is 23.3 Å². The van der Waals surface area contributed by atoms with Crippen molar-refractivity contribution < 1.29 is 0 Å². The third-order valence-electron chi connectivity index (χ3n) is 7.39. The van der Waals surface area contributed by atoms with Crippen molar-refractivity contribution in [3.05, 3.63) is 72.3 Å². The van der Waals surface area contributed by atoms with Gasteiger partial charge in [0.25, 0.3) is 0 Å². The molecule has 10 heteroatoms. The predicted octanol–water partition coefficient (Wildman–Crippen LogP) is 4.23. The van der Waals surface area contributed by atoms with Gasteiger partial charge < -0.3 is 30.2 Å². The Morgan fingerprint density at radius 3 is 1.44 bits per heavy atom. The van der Waals surface area contributed by atoms with E-state index in [0.717, 1.165) is 90.0 Å². The molecule has 0 radical (unpaired) electrons. The SMILES string of the molecule is CN1c2cccnc2N(C)c2nc(CNCCCNCc3ccc4c(n3)N(C)c3ncccc3N4C)ccc21. The summed E-state index contributed by atoms with van der Waals surface area (Å²) in [5, 5.41) is 7.06. The van der Waals surface area contributed by atoms with Crippen LogP contribution < -0.4 is 30.2 Å². The van der Waals surface area contributed by atoms with E-state index in [-0.39, 0.29) is 0 Å². The summed E-state index contributed by atoms with van der Waals surface area (Å²) in [6, 6.07) is 16.6. The van der Waals surface area contributed by atoms with Gasteiger partial charge in [-0.25, -0.2) is 19.9 Å². The Bertz CT molecular complexity index is 1380. The molecule has 0 aromatic carbocycles. The van der Waals surface area contributed by atoms with Gasteiger partial charge in [0.2, 0.25) is 0 Å². The molecule has 0 saturated heterocycles. The molecule has 2 aliphatic rings. The summed E-state index contributed by atoms with van der Waals surface area (Å²) in [6.07, 6.45) is 4.65. The minimum absolute atomic E-state index is 0.724. The number of nitrogens with one attached hydrogen (secondary N) is 2. The molecule has 4 aromatic heterocycles. The zero-order chi connectivity index (χ0) is 26.9. The van der Waals surface area contributed by atoms with Crippen LogP contribution in [0.25, 0.3) is 0 Å². The van der Waals surface area contributed by atoms with Crippen LogP contribution in [0.2, 0.25) is 0 Å². The van der Waals surface area contributed by atoms with Crippen LogP contribution in [0.1, 0.15) is 17.8 Å². The first kappa shape index (κ1) is 25.0. The van der Waals surface area contributed by atoms with Crippen LogP contribution in [-0.2, 0) is 13.1 Å². The van der Waals surface area contributed by atoms with Gasteiger partial charge in [-0.2, -0.15) is 0 Å². The Labute approximate surface area is 229 Å². The highest BCUT2D eigenvalue weighted by Gasteiger charge is 2.27. The monoisotopic (exact) mass is 522 g/mol. The number of rotatable bonds is 8. The van der Waals surface area contributed by atoms with Crippen molar-refractivity contribution in [2.24, 2.45) is 0 Å². The van der Waals surface area contributed by atoms with Crippen molar-refractivity contribution in [3.8, 4) is 0 Å². The Morgan fingerprint density at radius 2 is 0.974 bits per heavy atom. The third-order valence-corrected chi connectivity index (χ3v) is 7.39. The molecule has 4 aromatic rings. The zero-order valence-corrected chi connectivity index (χ0v) is 22.9. The second-order valence-corrected chi connectivity index (χ2v) is 9.93. The smallest absolute Gasteiger partial charge is 0.158 e. The van der Waals surface area contributed by atoms with Crippen LogP contribution in [0.15, 0.2) is 60.9 Å². The summed E-state index contributed by atoms with van der Waals surface area (Å²) in [6.45, 7) is 3.25. The Balaban J connectivity index is 0.979. The summed E-state index contributed by atoms with van der Waals surface area (Å²) in [5.41, 5.74) is 6.37. The molecular weight excluding hydrogens is 488 g/mol. The van der Waals surface area contributed by atoms with Crippen molar-refractivity contribution in [3.63, 3.8) is 0 Å². The number of nitrogens with zero attached hydrogens (tertiary/aromatic N) is 8. The molecule has 0 amide bonds. The minimum atomic E-state index is 0.724. The summed E-state index contributed by atoms with van der Waals surface area (Å²) in [4.78, 5) is 27.4. The summed E-state index contributed by atoms with van der Waals surface area (Å²) < 4.78 is 0. The number of anilines is 8. The van der Waals surface area contributed by atoms with E-state index in [1.165, 1.54) is 0 Å². The molecule has 2 N–H and O–H groups in total. The molecule has 0 fully saturated rings. The first-order valence-electron chi connectivity index (χ1n) is 13.3. The lowest BCUT2D eigenvalue weighted by Crippen LogP contribution is -2.27. The number of aromatic nitrogens is 4. The van der Waals surface area contributed by atoms with E-state index < -0.39 is 0 Å². The Hall–Kier alpha value is -4.28. The van der Waals surface area contributed by atoms with Gasteiger partial charge in [-0.15, -0.1) is 0 Å². The maximum absolute atomic E-state index is 4.92. The number of hydrogen-bond donors (Lipinski definition) is 2. The molecule has 0 saturated carbocycles. The Kier molecular flexibility index (Phi) is 6.72. The van der Waals surface area contributed by atoms with E-state index in [0.29, 0.717) is 0 Å². The average Bonchev–Trinajstić information content (AvgIpc) is 2.98. The summed E-state index contributed by atoms with van der Waals surface area (Å²) in [5.74, 6) is 3.70. The molecule has 0 spiro atoms. The minimum Gasteiger partial charge on any atom is -0.339 e. The normalized spacial score (nSPS) is 13.6. The number of fused-ring (bicyclic) bond motifs is 4. The molecule has 0 aliphatic carbocycles. The number of hydrogen-bond acceptors (Lipinski definition) is 10. The van der Waals surface area contributed by atoms with Crippen molar-refractivity contribution in [1.82, 2.24) is 30.6 Å². The summed E-state index contributed by atoms with van der Waals surface area (Å²) >= 11 is 0. The van der Waals surface area contributed by atoms with E-state index in [9.17, 15) is 0 Å². The van der Waals surface area contributed by atoms with Gasteiger partial charge in [-0.3, -0.25) is 0 Å². The van der Waals surface area contributed by atoms with Gasteiger partial charge in [0.05, 0.1) is 34.1 Å². The molecule has 2 aliphatic heterocycles. The summed E-state index contributed by atoms with van der Waals surface area (Å²) in [7, 11) is 8.17. The van der Waals surface area contributed by atoms with Gasteiger partial charge in [0, 0.05) is 53.7 Å². The van der Waals surface area contributed by atoms with Crippen molar-refractivity contribution >= 4 is 46.0 Å². The van der Waals surface area contributed by atoms with Gasteiger partial charge >= 0.3 is 0 Å². The highest BCUT2D eigenvalue weighted by Crippen LogP contribution is 2.44. The largest absolute Gasteiger partial charge is 0.339 e. The fourth-order valence-electron chi connectivity index (χ4n) is 5.22. The lowest BCUT2D eigenvalue weighted by atomic mass is 10.2. The van der Waals surface area contributed by atoms with Crippen molar-refractivity contribution in [2.75, 3.05) is 60.9 Å². The standard InChI is InChI=1S/C29H34N10/c1-36-22-8-5-16-32-26(22)38(3)28-24(36)12-10-20(34-28)18-30-14-7-15-31-19-21-11-13-25-29(35-21)39(4)27-23(37(25)2)9-6-17-33-27/h5-6,8-13,16-17,30-31H,7,14-15,18-19H2,1-4H3. The highest BCUT2D eigenvalue weighted by atomic mass is 15.3. The van der Waals surface area contributed by atoms with E-state index in [1.54, 1.807) is 0 Å². The van der Waals surface area contributed by atoms with Crippen LogP contribution in [0.4, 0.5) is 46.0 Å². The lowest BCUT2D eigenvalue weighted by Gasteiger charge is -2.34. The first-order chi connectivity index (χ1) is 19.0. The molecule has 0 bridgehead atoms. The van der Waals surface area contributed by atoms with Crippen LogP contribution >= 0.6 is 0 Å². The maximum Gasteiger partial charge on any atom is 0.158 e. The second kappa shape index (κ2) is 10.5. The van der Waals surface area contributed by atoms with Crippen molar-refractivity contribution in [2.45, 2.75) is 19.5 Å². The molecule has 6 rings (SSSR count). The van der Waals surface area contributed by atoms with Gasteiger partial charge in [-0.1, -0.05) is 0 Å². The van der Waals surface area contributed by atoms with Crippen LogP contribution in [0, 0.1) is 0 Å². The van der Waals surface area contributed by atoms with Crippen LogP contribution in [0.5, 0.6) is 0 Å². The maximum atomic E-state index is 4.92. The fraction of sp³-hybridized carbons (Fsp3) is 0.310. The average molecular weight is 523 g/mol. The van der Waals surface area contributed by atoms with Crippen LogP contribution in [-0.4, -0.2) is 61.2 Å². The molecule has 0 atom stereocenters. The molecule has 0 unspecified atom stereocenters. The third kappa shape index (κ3) is 4.62. The second-order valence-electron chi connectivity index (χ2n) is 9.93. The van der Waals surface area contributed by atoms with Gasteiger partial charge in [-0.05, 0) is 68.0 Å². The van der Waals surface area contributed by atoms with Gasteiger partial charge in [0.1, 0.15) is 0 Å². The van der Waals surface area contributed by atoms with E-state index in [1.807, 2.05) is 38.6 Å². The first-order valence-corrected chi connectivity index (χ1v) is 13.3. The highest BCUT2D eigenvalue weighted by molar-refractivity contribution is 5.89. The van der Waals surface area contributed by atoms with Crippen molar-refractivity contribution in [1.29, 1.82) is 0 Å². The molecular formula is C29H34N10. The lowest BCUT2D eigenvalue weighted by molar-refractivity contribution is 0.587.